The van der Waals surface area contributed by atoms with Crippen LogP contribution in [0.2, 0.25) is 0 Å². The van der Waals surface area contributed by atoms with Crippen LogP contribution in [0.4, 0.5) is 4.79 Å². The van der Waals surface area contributed by atoms with Gasteiger partial charge in [-0.3, -0.25) is 15.0 Å². The van der Waals surface area contributed by atoms with Crippen LogP contribution in [-0.2, 0) is 19.7 Å². The third-order valence-electron chi connectivity index (χ3n) is 5.03. The summed E-state index contributed by atoms with van der Waals surface area (Å²) < 4.78 is 5.39. The Bertz CT molecular complexity index is 747. The highest BCUT2D eigenvalue weighted by molar-refractivity contribution is 5.91. The number of benzene rings is 1. The van der Waals surface area contributed by atoms with Crippen molar-refractivity contribution < 1.29 is 19.1 Å². The molecule has 0 bridgehead atoms. The molecule has 158 valence electrons. The number of ether oxygens (including phenoxy) is 1. The lowest BCUT2D eigenvalue weighted by Crippen LogP contribution is -2.57. The van der Waals surface area contributed by atoms with E-state index in [1.807, 2.05) is 30.3 Å². The predicted octanol–water partition coefficient (Wildman–Crippen LogP) is 3.02. The molecule has 0 saturated carbocycles. The number of carbonyl (C=O) groups is 3. The van der Waals surface area contributed by atoms with Crippen LogP contribution in [-0.4, -0.2) is 53.1 Å². The van der Waals surface area contributed by atoms with Crippen molar-refractivity contribution in [2.45, 2.75) is 51.6 Å². The van der Waals surface area contributed by atoms with Gasteiger partial charge in [0, 0.05) is 19.6 Å². The third-order valence-corrected chi connectivity index (χ3v) is 5.03. The molecule has 1 fully saturated rings. The molecule has 1 aromatic carbocycles. The summed E-state index contributed by atoms with van der Waals surface area (Å²) in [5.41, 5.74) is 2.11. The number of rotatable bonds is 4. The Kier molecular flexibility index (Phi) is 7.06. The van der Waals surface area contributed by atoms with Crippen molar-refractivity contribution in [2.24, 2.45) is 0 Å². The van der Waals surface area contributed by atoms with E-state index in [1.165, 1.54) is 11.1 Å². The average Bonchev–Trinajstić information content (AvgIpc) is 2.70. The lowest BCUT2D eigenvalue weighted by atomic mass is 9.72. The smallest absolute Gasteiger partial charge is 0.429 e. The molecule has 7 heteroatoms. The molecule has 29 heavy (non-hydrogen) atoms. The molecule has 7 nitrogen and oxygen atoms in total. The second-order valence-corrected chi connectivity index (χ2v) is 8.14. The number of likely N-dealkylation sites (tertiary alicyclic amines) is 1. The van der Waals surface area contributed by atoms with Crippen LogP contribution in [0.15, 0.2) is 43.0 Å². The second-order valence-electron chi connectivity index (χ2n) is 8.14. The van der Waals surface area contributed by atoms with E-state index >= 15 is 0 Å². The molecule has 1 aromatic rings. The van der Waals surface area contributed by atoms with Crippen LogP contribution in [0.1, 0.15) is 46.1 Å². The standard InChI is InChI=1S/C22H31N3O4/c1-6-18(26)24-15-13-22(14-16-24,17-11-9-8-10-12-17)19(27)23-25(7-2)20(28)29-21(3,4)5/h6,8-12H,1,7,13-16H2,2-5H3,(H,23,27). The highest BCUT2D eigenvalue weighted by Crippen LogP contribution is 2.36. The monoisotopic (exact) mass is 401 g/mol. The summed E-state index contributed by atoms with van der Waals surface area (Å²) in [6.07, 6.45) is 1.59. The zero-order chi connectivity index (χ0) is 21.7. The molecule has 1 heterocycles. The Morgan fingerprint density at radius 3 is 2.28 bits per heavy atom. The third kappa shape index (κ3) is 5.37. The molecule has 1 N–H and O–H groups in total. The molecule has 1 saturated heterocycles. The lowest BCUT2D eigenvalue weighted by Gasteiger charge is -2.41. The van der Waals surface area contributed by atoms with Crippen molar-refractivity contribution in [1.29, 1.82) is 0 Å². The Balaban J connectivity index is 2.25. The van der Waals surface area contributed by atoms with Crippen molar-refractivity contribution in [3.05, 3.63) is 48.6 Å². The van der Waals surface area contributed by atoms with Gasteiger partial charge < -0.3 is 9.64 Å². The van der Waals surface area contributed by atoms with Gasteiger partial charge >= 0.3 is 6.09 Å². The first-order chi connectivity index (χ1) is 13.6. The summed E-state index contributed by atoms with van der Waals surface area (Å²) >= 11 is 0. The fraction of sp³-hybridized carbons (Fsp3) is 0.500. The minimum atomic E-state index is -0.839. The van der Waals surface area contributed by atoms with Crippen molar-refractivity contribution >= 4 is 17.9 Å². The van der Waals surface area contributed by atoms with Crippen LogP contribution >= 0.6 is 0 Å². The zero-order valence-corrected chi connectivity index (χ0v) is 17.7. The SMILES string of the molecule is C=CC(=O)N1CCC(C(=O)NN(CC)C(=O)OC(C)(C)C)(c2ccccc2)CC1. The second kappa shape index (κ2) is 9.11. The van der Waals surface area contributed by atoms with E-state index in [0.717, 1.165) is 5.56 Å². The summed E-state index contributed by atoms with van der Waals surface area (Å²) in [4.78, 5) is 39.5. The molecular formula is C22H31N3O4. The molecule has 0 unspecified atom stereocenters. The van der Waals surface area contributed by atoms with Crippen LogP contribution in [0.25, 0.3) is 0 Å². The maximum absolute atomic E-state index is 13.4. The van der Waals surface area contributed by atoms with Crippen LogP contribution in [0.3, 0.4) is 0 Å². The summed E-state index contributed by atoms with van der Waals surface area (Å²) in [5.74, 6) is -0.418. The molecule has 2 rings (SSSR count). The highest BCUT2D eigenvalue weighted by atomic mass is 16.6. The normalized spacial score (nSPS) is 15.9. The van der Waals surface area contributed by atoms with E-state index in [2.05, 4.69) is 12.0 Å². The van der Waals surface area contributed by atoms with Gasteiger partial charge in [-0.05, 0) is 52.2 Å². The maximum Gasteiger partial charge on any atom is 0.429 e. The topological polar surface area (TPSA) is 79.0 Å². The Morgan fingerprint density at radius 1 is 1.21 bits per heavy atom. The number of amides is 3. The number of hydrazine groups is 1. The molecule has 0 aliphatic carbocycles. The van der Waals surface area contributed by atoms with Crippen molar-refractivity contribution in [2.75, 3.05) is 19.6 Å². The fourth-order valence-corrected chi connectivity index (χ4v) is 3.44. The van der Waals surface area contributed by atoms with Gasteiger partial charge in [-0.15, -0.1) is 0 Å². The van der Waals surface area contributed by atoms with Gasteiger partial charge in [-0.2, -0.15) is 0 Å². The van der Waals surface area contributed by atoms with Gasteiger partial charge in [0.1, 0.15) is 5.60 Å². The Labute approximate surface area is 172 Å². The first-order valence-corrected chi connectivity index (χ1v) is 9.91. The van der Waals surface area contributed by atoms with Gasteiger partial charge in [0.05, 0.1) is 5.41 Å². The summed E-state index contributed by atoms with van der Waals surface area (Å²) in [6.45, 7) is 11.8. The fourth-order valence-electron chi connectivity index (χ4n) is 3.44. The van der Waals surface area contributed by atoms with Gasteiger partial charge in [0.2, 0.25) is 11.8 Å². The van der Waals surface area contributed by atoms with E-state index in [9.17, 15) is 14.4 Å². The molecule has 1 aliphatic heterocycles. The van der Waals surface area contributed by atoms with Gasteiger partial charge in [0.15, 0.2) is 0 Å². The van der Waals surface area contributed by atoms with Crippen LogP contribution in [0.5, 0.6) is 0 Å². The van der Waals surface area contributed by atoms with E-state index in [1.54, 1.807) is 32.6 Å². The van der Waals surface area contributed by atoms with Gasteiger partial charge in [-0.25, -0.2) is 9.80 Å². The number of nitrogens with one attached hydrogen (secondary N) is 1. The molecule has 0 spiro atoms. The van der Waals surface area contributed by atoms with Crippen LogP contribution < -0.4 is 5.43 Å². The number of piperidine rings is 1. The number of hydrogen-bond acceptors (Lipinski definition) is 4. The minimum Gasteiger partial charge on any atom is -0.442 e. The summed E-state index contributed by atoms with van der Waals surface area (Å²) in [6, 6.07) is 9.49. The van der Waals surface area contributed by atoms with E-state index < -0.39 is 17.1 Å². The minimum absolute atomic E-state index is 0.143. The van der Waals surface area contributed by atoms with E-state index in [-0.39, 0.29) is 18.4 Å². The molecular weight excluding hydrogens is 370 g/mol. The van der Waals surface area contributed by atoms with Crippen molar-refractivity contribution in [3.63, 3.8) is 0 Å². The van der Waals surface area contributed by atoms with Crippen LogP contribution in [0, 0.1) is 0 Å². The number of nitrogens with zero attached hydrogens (tertiary/aromatic N) is 2. The predicted molar refractivity (Wildman–Crippen MR) is 111 cm³/mol. The summed E-state index contributed by atoms with van der Waals surface area (Å²) in [7, 11) is 0. The number of carbonyl (C=O) groups excluding carboxylic acids is 3. The molecule has 0 atom stereocenters. The average molecular weight is 402 g/mol. The van der Waals surface area contributed by atoms with Gasteiger partial charge in [-0.1, -0.05) is 36.9 Å². The molecule has 0 radical (unpaired) electrons. The lowest BCUT2D eigenvalue weighted by molar-refractivity contribution is -0.137. The summed E-state index contributed by atoms with van der Waals surface area (Å²) in [5, 5.41) is 1.19. The van der Waals surface area contributed by atoms with Crippen molar-refractivity contribution in [3.8, 4) is 0 Å². The molecule has 1 aliphatic rings. The quantitative estimate of drug-likeness (QED) is 0.621. The van der Waals surface area contributed by atoms with E-state index in [4.69, 9.17) is 4.74 Å². The zero-order valence-electron chi connectivity index (χ0n) is 17.7. The van der Waals surface area contributed by atoms with Crippen molar-refractivity contribution in [1.82, 2.24) is 15.3 Å². The van der Waals surface area contributed by atoms with Gasteiger partial charge in [0.25, 0.3) is 0 Å². The maximum atomic E-state index is 13.4. The number of hydrogen-bond donors (Lipinski definition) is 1. The van der Waals surface area contributed by atoms with E-state index in [0.29, 0.717) is 25.9 Å². The highest BCUT2D eigenvalue weighted by Gasteiger charge is 2.44. The largest absolute Gasteiger partial charge is 0.442 e. The first-order valence-electron chi connectivity index (χ1n) is 9.91. The first kappa shape index (κ1) is 22.5. The Morgan fingerprint density at radius 2 is 1.79 bits per heavy atom. The Hall–Kier alpha value is -2.83. The molecule has 3 amide bonds. The molecule has 0 aromatic heterocycles.